The van der Waals surface area contributed by atoms with Gasteiger partial charge in [0, 0.05) is 5.92 Å². The molecule has 1 aliphatic rings. The van der Waals surface area contributed by atoms with E-state index < -0.39 is 0 Å². The highest BCUT2D eigenvalue weighted by Crippen LogP contribution is 2.18. The van der Waals surface area contributed by atoms with E-state index in [4.69, 9.17) is 4.74 Å². The van der Waals surface area contributed by atoms with Crippen molar-refractivity contribution in [2.75, 3.05) is 13.2 Å². The van der Waals surface area contributed by atoms with Gasteiger partial charge in [-0.2, -0.15) is 0 Å². The van der Waals surface area contributed by atoms with Gasteiger partial charge in [0.05, 0.1) is 19.3 Å². The second kappa shape index (κ2) is 3.90. The van der Waals surface area contributed by atoms with Gasteiger partial charge in [-0.15, -0.1) is 0 Å². The van der Waals surface area contributed by atoms with Gasteiger partial charge in [0.15, 0.2) is 0 Å². The topological polar surface area (TPSA) is 29.5 Å². The standard InChI is InChI=1S/C11H14O2/c12-11-8-13-7-10(11)6-9-4-2-1-3-5-9/h1-5,10-12H,6-8H2. The quantitative estimate of drug-likeness (QED) is 0.738. The smallest absolute Gasteiger partial charge is 0.0826 e. The van der Waals surface area contributed by atoms with Crippen LogP contribution >= 0.6 is 0 Å². The molecule has 0 aliphatic carbocycles. The van der Waals surface area contributed by atoms with E-state index in [9.17, 15) is 5.11 Å². The third kappa shape index (κ3) is 2.08. The fourth-order valence-corrected chi connectivity index (χ4v) is 1.70. The van der Waals surface area contributed by atoms with Gasteiger partial charge in [-0.1, -0.05) is 30.3 Å². The van der Waals surface area contributed by atoms with Gasteiger partial charge in [-0.25, -0.2) is 0 Å². The van der Waals surface area contributed by atoms with Crippen molar-refractivity contribution in [3.8, 4) is 0 Å². The summed E-state index contributed by atoms with van der Waals surface area (Å²) in [4.78, 5) is 0. The van der Waals surface area contributed by atoms with Crippen LogP contribution in [0, 0.1) is 5.92 Å². The van der Waals surface area contributed by atoms with E-state index in [0.29, 0.717) is 13.2 Å². The summed E-state index contributed by atoms with van der Waals surface area (Å²) in [5, 5.41) is 9.53. The average Bonchev–Trinajstić information content (AvgIpc) is 2.54. The van der Waals surface area contributed by atoms with Gasteiger partial charge in [-0.3, -0.25) is 0 Å². The Morgan fingerprint density at radius 1 is 1.23 bits per heavy atom. The Morgan fingerprint density at radius 3 is 2.62 bits per heavy atom. The first kappa shape index (κ1) is 8.73. The molecule has 1 heterocycles. The van der Waals surface area contributed by atoms with Crippen molar-refractivity contribution >= 4 is 0 Å². The SMILES string of the molecule is OC1COCC1Cc1ccccc1. The van der Waals surface area contributed by atoms with Crippen LogP contribution in [0.4, 0.5) is 0 Å². The summed E-state index contributed by atoms with van der Waals surface area (Å²) in [6.45, 7) is 1.19. The fourth-order valence-electron chi connectivity index (χ4n) is 1.70. The zero-order valence-corrected chi connectivity index (χ0v) is 7.52. The number of ether oxygens (including phenoxy) is 1. The third-order valence-corrected chi connectivity index (χ3v) is 2.51. The largest absolute Gasteiger partial charge is 0.390 e. The summed E-state index contributed by atoms with van der Waals surface area (Å²) in [6.07, 6.45) is 0.641. The summed E-state index contributed by atoms with van der Waals surface area (Å²) in [5.74, 6) is 0.280. The Labute approximate surface area is 78.2 Å². The molecule has 0 radical (unpaired) electrons. The minimum atomic E-state index is -0.278. The Bertz CT molecular complexity index is 258. The molecular formula is C11H14O2. The molecule has 1 fully saturated rings. The van der Waals surface area contributed by atoms with E-state index in [0.717, 1.165) is 6.42 Å². The van der Waals surface area contributed by atoms with Crippen molar-refractivity contribution in [1.82, 2.24) is 0 Å². The molecule has 2 atom stereocenters. The Morgan fingerprint density at radius 2 is 2.00 bits per heavy atom. The molecule has 2 heteroatoms. The second-order valence-electron chi connectivity index (χ2n) is 3.55. The lowest BCUT2D eigenvalue weighted by Crippen LogP contribution is -2.19. The normalized spacial score (nSPS) is 27.8. The van der Waals surface area contributed by atoms with Gasteiger partial charge < -0.3 is 9.84 Å². The van der Waals surface area contributed by atoms with Gasteiger partial charge in [0.25, 0.3) is 0 Å². The number of hydrogen-bond acceptors (Lipinski definition) is 2. The molecule has 13 heavy (non-hydrogen) atoms. The van der Waals surface area contributed by atoms with Gasteiger partial charge in [0.1, 0.15) is 0 Å². The maximum Gasteiger partial charge on any atom is 0.0826 e. The van der Waals surface area contributed by atoms with Crippen molar-refractivity contribution in [2.45, 2.75) is 12.5 Å². The van der Waals surface area contributed by atoms with E-state index in [1.54, 1.807) is 0 Å². The number of hydrogen-bond donors (Lipinski definition) is 1. The zero-order chi connectivity index (χ0) is 9.10. The Balaban J connectivity index is 1.98. The van der Waals surface area contributed by atoms with E-state index in [-0.39, 0.29) is 12.0 Å². The van der Waals surface area contributed by atoms with Crippen LogP contribution in [0.15, 0.2) is 30.3 Å². The van der Waals surface area contributed by atoms with Crippen LogP contribution in [0.5, 0.6) is 0 Å². The van der Waals surface area contributed by atoms with E-state index >= 15 is 0 Å². The lowest BCUT2D eigenvalue weighted by atomic mass is 9.97. The predicted molar refractivity (Wildman–Crippen MR) is 50.5 cm³/mol. The van der Waals surface area contributed by atoms with Crippen molar-refractivity contribution in [2.24, 2.45) is 5.92 Å². The van der Waals surface area contributed by atoms with Gasteiger partial charge in [-0.05, 0) is 12.0 Å². The maximum atomic E-state index is 9.53. The molecule has 2 unspecified atom stereocenters. The monoisotopic (exact) mass is 178 g/mol. The van der Waals surface area contributed by atoms with Crippen molar-refractivity contribution in [3.63, 3.8) is 0 Å². The van der Waals surface area contributed by atoms with Crippen molar-refractivity contribution < 1.29 is 9.84 Å². The van der Waals surface area contributed by atoms with Crippen LogP contribution < -0.4 is 0 Å². The summed E-state index contributed by atoms with van der Waals surface area (Å²) in [6, 6.07) is 10.2. The molecule has 1 N–H and O–H groups in total. The van der Waals surface area contributed by atoms with Crippen LogP contribution in [0.1, 0.15) is 5.56 Å². The molecular weight excluding hydrogens is 164 g/mol. The van der Waals surface area contributed by atoms with Gasteiger partial charge >= 0.3 is 0 Å². The second-order valence-corrected chi connectivity index (χ2v) is 3.55. The minimum absolute atomic E-state index is 0.278. The van der Waals surface area contributed by atoms with E-state index in [2.05, 4.69) is 12.1 Å². The highest BCUT2D eigenvalue weighted by Gasteiger charge is 2.25. The molecule has 0 bridgehead atoms. The van der Waals surface area contributed by atoms with E-state index in [1.165, 1.54) is 5.56 Å². The summed E-state index contributed by atoms with van der Waals surface area (Å²) in [7, 11) is 0. The molecule has 2 rings (SSSR count). The first-order valence-electron chi connectivity index (χ1n) is 4.66. The molecule has 1 aromatic rings. The first-order valence-corrected chi connectivity index (χ1v) is 4.66. The Kier molecular flexibility index (Phi) is 2.62. The molecule has 0 aromatic heterocycles. The van der Waals surface area contributed by atoms with Crippen molar-refractivity contribution in [1.29, 1.82) is 0 Å². The summed E-state index contributed by atoms with van der Waals surface area (Å²) >= 11 is 0. The van der Waals surface area contributed by atoms with E-state index in [1.807, 2.05) is 18.2 Å². The zero-order valence-electron chi connectivity index (χ0n) is 7.52. The molecule has 1 aromatic carbocycles. The van der Waals surface area contributed by atoms with Crippen molar-refractivity contribution in [3.05, 3.63) is 35.9 Å². The van der Waals surface area contributed by atoms with Crippen LogP contribution in [0.3, 0.4) is 0 Å². The van der Waals surface area contributed by atoms with Crippen LogP contribution in [0.2, 0.25) is 0 Å². The number of aliphatic hydroxyl groups is 1. The highest BCUT2D eigenvalue weighted by molar-refractivity contribution is 5.15. The van der Waals surface area contributed by atoms with Gasteiger partial charge in [0.2, 0.25) is 0 Å². The number of benzene rings is 1. The molecule has 1 aliphatic heterocycles. The lowest BCUT2D eigenvalue weighted by molar-refractivity contribution is 0.118. The number of aliphatic hydroxyl groups excluding tert-OH is 1. The molecule has 0 amide bonds. The van der Waals surface area contributed by atoms with Crippen LogP contribution in [-0.2, 0) is 11.2 Å². The maximum absolute atomic E-state index is 9.53. The Hall–Kier alpha value is -0.860. The summed E-state index contributed by atoms with van der Waals surface area (Å²) < 4.78 is 5.19. The lowest BCUT2D eigenvalue weighted by Gasteiger charge is -2.11. The first-order chi connectivity index (χ1) is 6.36. The summed E-state index contributed by atoms with van der Waals surface area (Å²) in [5.41, 5.74) is 1.28. The molecule has 0 saturated carbocycles. The average molecular weight is 178 g/mol. The molecule has 1 saturated heterocycles. The molecule has 2 nitrogen and oxygen atoms in total. The van der Waals surface area contributed by atoms with Crippen LogP contribution in [0.25, 0.3) is 0 Å². The highest BCUT2D eigenvalue weighted by atomic mass is 16.5. The fraction of sp³-hybridized carbons (Fsp3) is 0.455. The molecule has 0 spiro atoms. The molecule has 70 valence electrons. The predicted octanol–water partition coefficient (Wildman–Crippen LogP) is 1.24. The van der Waals surface area contributed by atoms with Crippen LogP contribution in [-0.4, -0.2) is 24.4 Å². The minimum Gasteiger partial charge on any atom is -0.390 e. The number of rotatable bonds is 2. The third-order valence-electron chi connectivity index (χ3n) is 2.51.